The molecule has 0 aromatic heterocycles. The third-order valence-corrected chi connectivity index (χ3v) is 5.14. The number of benzene rings is 2. The van der Waals surface area contributed by atoms with Gasteiger partial charge in [0.05, 0.1) is 0 Å². The highest BCUT2D eigenvalue weighted by Crippen LogP contribution is 2.23. The standard InChI is InChI=1S/C21H25ClN2O/c1-15-6-7-16(2)20(12-15)23-21(25)18-8-10-24(11-9-18)14-17-4-3-5-19(22)13-17/h3-7,12-13,18H,8-11,14H2,1-2H3,(H,23,25). The molecule has 2 aromatic rings. The highest BCUT2D eigenvalue weighted by molar-refractivity contribution is 6.30. The molecule has 3 rings (SSSR count). The summed E-state index contributed by atoms with van der Waals surface area (Å²) in [4.78, 5) is 15.0. The Hall–Kier alpha value is -1.84. The van der Waals surface area contributed by atoms with Crippen molar-refractivity contribution >= 4 is 23.2 Å². The second kappa shape index (κ2) is 8.03. The highest BCUT2D eigenvalue weighted by atomic mass is 35.5. The first-order valence-electron chi connectivity index (χ1n) is 8.86. The molecule has 1 heterocycles. The molecule has 0 unspecified atom stereocenters. The normalized spacial score (nSPS) is 16.0. The van der Waals surface area contributed by atoms with Crippen LogP contribution in [0.5, 0.6) is 0 Å². The van der Waals surface area contributed by atoms with Crippen LogP contribution < -0.4 is 5.32 Å². The van der Waals surface area contributed by atoms with E-state index in [1.165, 1.54) is 5.56 Å². The summed E-state index contributed by atoms with van der Waals surface area (Å²) in [5.41, 5.74) is 4.44. The van der Waals surface area contributed by atoms with Crippen molar-refractivity contribution in [3.63, 3.8) is 0 Å². The zero-order valence-electron chi connectivity index (χ0n) is 14.9. The number of amides is 1. The number of carbonyl (C=O) groups excluding carboxylic acids is 1. The molecule has 1 fully saturated rings. The van der Waals surface area contributed by atoms with Crippen molar-refractivity contribution < 1.29 is 4.79 Å². The van der Waals surface area contributed by atoms with E-state index in [1.807, 2.05) is 38.1 Å². The number of nitrogens with zero attached hydrogens (tertiary/aromatic N) is 1. The minimum Gasteiger partial charge on any atom is -0.326 e. The Morgan fingerprint density at radius 1 is 1.16 bits per heavy atom. The van der Waals surface area contributed by atoms with E-state index in [0.29, 0.717) is 0 Å². The maximum Gasteiger partial charge on any atom is 0.227 e. The molecule has 1 saturated heterocycles. The van der Waals surface area contributed by atoms with Crippen LogP contribution in [0.25, 0.3) is 0 Å². The fraction of sp³-hybridized carbons (Fsp3) is 0.381. The van der Waals surface area contributed by atoms with Crippen LogP contribution in [0.1, 0.15) is 29.5 Å². The predicted octanol–water partition coefficient (Wildman–Crippen LogP) is 4.81. The number of piperidine rings is 1. The molecule has 1 aliphatic heterocycles. The molecule has 25 heavy (non-hydrogen) atoms. The Morgan fingerprint density at radius 2 is 1.92 bits per heavy atom. The molecule has 2 aromatic carbocycles. The SMILES string of the molecule is Cc1ccc(C)c(NC(=O)C2CCN(Cc3cccc(Cl)c3)CC2)c1. The maximum atomic E-state index is 12.6. The van der Waals surface area contributed by atoms with Crippen LogP contribution in [-0.4, -0.2) is 23.9 Å². The lowest BCUT2D eigenvalue weighted by molar-refractivity contribution is -0.121. The predicted molar refractivity (Wildman–Crippen MR) is 104 cm³/mol. The van der Waals surface area contributed by atoms with E-state index in [9.17, 15) is 4.79 Å². The van der Waals surface area contributed by atoms with Crippen molar-refractivity contribution in [2.45, 2.75) is 33.2 Å². The topological polar surface area (TPSA) is 32.3 Å². The largest absolute Gasteiger partial charge is 0.326 e. The number of hydrogen-bond donors (Lipinski definition) is 1. The summed E-state index contributed by atoms with van der Waals surface area (Å²) in [6, 6.07) is 14.2. The van der Waals surface area contributed by atoms with Crippen molar-refractivity contribution in [1.29, 1.82) is 0 Å². The van der Waals surface area contributed by atoms with Crippen molar-refractivity contribution in [1.82, 2.24) is 4.90 Å². The zero-order chi connectivity index (χ0) is 17.8. The summed E-state index contributed by atoms with van der Waals surface area (Å²) in [6.07, 6.45) is 1.80. The van der Waals surface area contributed by atoms with Crippen LogP contribution in [-0.2, 0) is 11.3 Å². The Balaban J connectivity index is 1.53. The number of aryl methyl sites for hydroxylation is 2. The molecule has 0 radical (unpaired) electrons. The smallest absolute Gasteiger partial charge is 0.227 e. The summed E-state index contributed by atoms with van der Waals surface area (Å²) < 4.78 is 0. The van der Waals surface area contributed by atoms with Gasteiger partial charge in [-0.25, -0.2) is 0 Å². The van der Waals surface area contributed by atoms with Gasteiger partial charge in [0.25, 0.3) is 0 Å². The molecule has 0 aliphatic carbocycles. The molecule has 132 valence electrons. The third kappa shape index (κ3) is 4.83. The lowest BCUT2D eigenvalue weighted by Crippen LogP contribution is -2.37. The highest BCUT2D eigenvalue weighted by Gasteiger charge is 2.25. The van der Waals surface area contributed by atoms with Gasteiger partial charge in [0.2, 0.25) is 5.91 Å². The first-order valence-corrected chi connectivity index (χ1v) is 9.24. The molecule has 4 heteroatoms. The van der Waals surface area contributed by atoms with Gasteiger partial charge in [-0.05, 0) is 74.7 Å². The van der Waals surface area contributed by atoms with E-state index in [1.54, 1.807) is 0 Å². The van der Waals surface area contributed by atoms with Gasteiger partial charge in [0.1, 0.15) is 0 Å². The zero-order valence-corrected chi connectivity index (χ0v) is 15.6. The first kappa shape index (κ1) is 18.0. The summed E-state index contributed by atoms with van der Waals surface area (Å²) >= 11 is 6.06. The quantitative estimate of drug-likeness (QED) is 0.852. The Morgan fingerprint density at radius 3 is 2.64 bits per heavy atom. The van der Waals surface area contributed by atoms with Gasteiger partial charge in [-0.15, -0.1) is 0 Å². The molecule has 0 spiro atoms. The lowest BCUT2D eigenvalue weighted by Gasteiger charge is -2.31. The number of hydrogen-bond acceptors (Lipinski definition) is 2. The molecule has 0 saturated carbocycles. The van der Waals surface area contributed by atoms with E-state index in [2.05, 4.69) is 28.4 Å². The monoisotopic (exact) mass is 356 g/mol. The summed E-state index contributed by atoms with van der Waals surface area (Å²) in [5, 5.41) is 3.90. The molecule has 1 aliphatic rings. The second-order valence-electron chi connectivity index (χ2n) is 6.99. The van der Waals surface area contributed by atoms with Gasteiger partial charge in [-0.2, -0.15) is 0 Å². The molecule has 0 bridgehead atoms. The number of rotatable bonds is 4. The van der Waals surface area contributed by atoms with Gasteiger partial charge in [0.15, 0.2) is 0 Å². The molecule has 3 nitrogen and oxygen atoms in total. The van der Waals surface area contributed by atoms with Crippen LogP contribution in [0.15, 0.2) is 42.5 Å². The fourth-order valence-electron chi connectivity index (χ4n) is 3.35. The van der Waals surface area contributed by atoms with Crippen LogP contribution >= 0.6 is 11.6 Å². The number of nitrogens with one attached hydrogen (secondary N) is 1. The van der Waals surface area contributed by atoms with Crippen molar-refractivity contribution in [3.05, 3.63) is 64.2 Å². The minimum atomic E-state index is 0.0931. The van der Waals surface area contributed by atoms with E-state index in [4.69, 9.17) is 11.6 Å². The summed E-state index contributed by atoms with van der Waals surface area (Å²) in [6.45, 7) is 6.85. The Kier molecular flexibility index (Phi) is 5.77. The van der Waals surface area contributed by atoms with Gasteiger partial charge in [-0.1, -0.05) is 35.9 Å². The molecular weight excluding hydrogens is 332 g/mol. The van der Waals surface area contributed by atoms with Gasteiger partial charge < -0.3 is 5.32 Å². The molecule has 0 atom stereocenters. The van der Waals surface area contributed by atoms with Gasteiger partial charge in [0, 0.05) is 23.2 Å². The molecule has 1 N–H and O–H groups in total. The van der Waals surface area contributed by atoms with E-state index in [0.717, 1.165) is 54.3 Å². The van der Waals surface area contributed by atoms with Crippen molar-refractivity contribution in [2.75, 3.05) is 18.4 Å². The Labute approximate surface area is 155 Å². The van der Waals surface area contributed by atoms with Crippen molar-refractivity contribution in [3.8, 4) is 0 Å². The van der Waals surface area contributed by atoms with Crippen LogP contribution in [0.2, 0.25) is 5.02 Å². The first-order chi connectivity index (χ1) is 12.0. The van der Waals surface area contributed by atoms with Gasteiger partial charge in [-0.3, -0.25) is 9.69 Å². The van der Waals surface area contributed by atoms with E-state index in [-0.39, 0.29) is 11.8 Å². The lowest BCUT2D eigenvalue weighted by atomic mass is 9.95. The third-order valence-electron chi connectivity index (χ3n) is 4.90. The van der Waals surface area contributed by atoms with E-state index < -0.39 is 0 Å². The minimum absolute atomic E-state index is 0.0931. The molecule has 1 amide bonds. The van der Waals surface area contributed by atoms with Crippen LogP contribution in [0.3, 0.4) is 0 Å². The van der Waals surface area contributed by atoms with Gasteiger partial charge >= 0.3 is 0 Å². The van der Waals surface area contributed by atoms with Crippen LogP contribution in [0, 0.1) is 19.8 Å². The summed E-state index contributed by atoms with van der Waals surface area (Å²) in [5.74, 6) is 0.242. The average molecular weight is 357 g/mol. The second-order valence-corrected chi connectivity index (χ2v) is 7.42. The van der Waals surface area contributed by atoms with E-state index >= 15 is 0 Å². The fourth-order valence-corrected chi connectivity index (χ4v) is 3.56. The number of likely N-dealkylation sites (tertiary alicyclic amines) is 1. The average Bonchev–Trinajstić information content (AvgIpc) is 2.59. The Bertz CT molecular complexity index is 751. The van der Waals surface area contributed by atoms with Crippen LogP contribution in [0.4, 0.5) is 5.69 Å². The molecular formula is C21H25ClN2O. The maximum absolute atomic E-state index is 12.6. The summed E-state index contributed by atoms with van der Waals surface area (Å²) in [7, 11) is 0. The number of carbonyl (C=O) groups is 1. The number of halogens is 1. The van der Waals surface area contributed by atoms with Crippen molar-refractivity contribution in [2.24, 2.45) is 5.92 Å². The number of anilines is 1.